The average molecular weight is 494 g/mol. The summed E-state index contributed by atoms with van der Waals surface area (Å²) >= 11 is 0. The van der Waals surface area contributed by atoms with Crippen LogP contribution in [0.15, 0.2) is 108 Å². The molecular weight excluding hydrogens is 470 g/mol. The molecule has 2 N–H and O–H groups in total. The minimum Gasteiger partial charge on any atom is -0.459 e. The number of nitrogens with one attached hydrogen (secondary N) is 2. The summed E-state index contributed by atoms with van der Waals surface area (Å²) in [6, 6.07) is 27.0. The lowest BCUT2D eigenvalue weighted by Crippen LogP contribution is -2.13. The number of anilines is 1. The number of rotatable bonds is 9. The lowest BCUT2D eigenvalue weighted by atomic mass is 10.1. The molecule has 0 bridgehead atoms. The summed E-state index contributed by atoms with van der Waals surface area (Å²) in [5, 5.41) is 22.1. The molecule has 3 aromatic carbocycles. The second kappa shape index (κ2) is 10.7. The number of para-hydroxylation sites is 1. The molecule has 5 rings (SSSR count). The molecule has 0 fully saturated rings. The fourth-order valence-electron chi connectivity index (χ4n) is 3.88. The van der Waals surface area contributed by atoms with Gasteiger partial charge in [0.05, 0.1) is 22.6 Å². The number of furan rings is 1. The zero-order valence-electron chi connectivity index (χ0n) is 19.7. The maximum absolute atomic E-state index is 12.1. The van der Waals surface area contributed by atoms with Crippen molar-refractivity contribution in [3.05, 3.63) is 130 Å². The van der Waals surface area contributed by atoms with E-state index in [9.17, 15) is 14.9 Å². The number of nitrogens with zero attached hydrogens (tertiary/aromatic N) is 3. The lowest BCUT2D eigenvalue weighted by molar-refractivity contribution is -0.384. The maximum atomic E-state index is 12.1. The molecule has 0 atom stereocenters. The minimum absolute atomic E-state index is 0.0368. The van der Waals surface area contributed by atoms with Crippen molar-refractivity contribution >= 4 is 17.3 Å². The van der Waals surface area contributed by atoms with Crippen LogP contribution < -0.4 is 10.6 Å². The predicted molar refractivity (Wildman–Crippen MR) is 139 cm³/mol. The van der Waals surface area contributed by atoms with Crippen molar-refractivity contribution in [1.82, 2.24) is 15.1 Å². The molecule has 2 heterocycles. The first kappa shape index (κ1) is 23.7. The number of benzene rings is 3. The number of nitro benzene ring substituents is 1. The van der Waals surface area contributed by atoms with E-state index >= 15 is 0 Å². The van der Waals surface area contributed by atoms with Gasteiger partial charge in [0, 0.05) is 48.2 Å². The molecule has 1 amide bonds. The fraction of sp³-hybridized carbons (Fsp3) is 0.0714. The van der Waals surface area contributed by atoms with Gasteiger partial charge < -0.3 is 15.1 Å². The largest absolute Gasteiger partial charge is 0.459 e. The molecule has 2 aromatic heterocycles. The van der Waals surface area contributed by atoms with Gasteiger partial charge in [-0.25, -0.2) is 4.68 Å². The molecule has 0 saturated heterocycles. The quantitative estimate of drug-likeness (QED) is 0.205. The SMILES string of the molecule is O=C(Nc1ccc(CNCc2cn(-c3ccccc3)nc2-c2ccc([N+](=O)[O-])cc2)cc1)c1ccco1. The number of hydrogen-bond donors (Lipinski definition) is 2. The predicted octanol–water partition coefficient (Wildman–Crippen LogP) is 5.58. The van der Waals surface area contributed by atoms with Crippen LogP contribution in [-0.4, -0.2) is 20.6 Å². The van der Waals surface area contributed by atoms with E-state index in [-0.39, 0.29) is 17.4 Å². The molecule has 0 aliphatic rings. The summed E-state index contributed by atoms with van der Waals surface area (Å²) in [4.78, 5) is 22.8. The Hall–Kier alpha value is -5.02. The van der Waals surface area contributed by atoms with Gasteiger partial charge in [-0.15, -0.1) is 0 Å². The van der Waals surface area contributed by atoms with Crippen molar-refractivity contribution in [3.8, 4) is 16.9 Å². The number of amides is 1. The molecule has 0 aliphatic carbocycles. The molecule has 0 spiro atoms. The van der Waals surface area contributed by atoms with E-state index in [0.717, 1.165) is 28.1 Å². The van der Waals surface area contributed by atoms with E-state index in [2.05, 4.69) is 10.6 Å². The van der Waals surface area contributed by atoms with Gasteiger partial charge in [0.2, 0.25) is 0 Å². The van der Waals surface area contributed by atoms with Crippen molar-refractivity contribution < 1.29 is 14.1 Å². The third-order valence-corrected chi connectivity index (χ3v) is 5.76. The standard InChI is InChI=1S/C28H23N5O4/c34-28(26-7-4-16-37-26)30-23-12-8-20(9-13-23)17-29-18-22-19-32(24-5-2-1-3-6-24)31-27(22)21-10-14-25(15-11-21)33(35)36/h1-16,19,29H,17-18H2,(H,30,34). The van der Waals surface area contributed by atoms with Crippen LogP contribution in [-0.2, 0) is 13.1 Å². The van der Waals surface area contributed by atoms with Crippen molar-refractivity contribution in [2.45, 2.75) is 13.1 Å². The van der Waals surface area contributed by atoms with Gasteiger partial charge in [-0.3, -0.25) is 14.9 Å². The van der Waals surface area contributed by atoms with E-state index in [1.165, 1.54) is 18.4 Å². The van der Waals surface area contributed by atoms with Crippen molar-refractivity contribution in [2.75, 3.05) is 5.32 Å². The van der Waals surface area contributed by atoms with Crippen LogP contribution in [0.2, 0.25) is 0 Å². The van der Waals surface area contributed by atoms with E-state index in [0.29, 0.717) is 18.8 Å². The van der Waals surface area contributed by atoms with Crippen LogP contribution in [0, 0.1) is 10.1 Å². The van der Waals surface area contributed by atoms with E-state index < -0.39 is 4.92 Å². The van der Waals surface area contributed by atoms with Crippen molar-refractivity contribution in [1.29, 1.82) is 0 Å². The van der Waals surface area contributed by atoms with Crippen molar-refractivity contribution in [3.63, 3.8) is 0 Å². The Labute approximate surface area is 212 Å². The highest BCUT2D eigenvalue weighted by molar-refractivity contribution is 6.02. The third-order valence-electron chi connectivity index (χ3n) is 5.76. The van der Waals surface area contributed by atoms with Crippen LogP contribution in [0.3, 0.4) is 0 Å². The Morgan fingerprint density at radius 1 is 0.919 bits per heavy atom. The zero-order chi connectivity index (χ0) is 25.6. The number of aromatic nitrogens is 2. The Bertz CT molecular complexity index is 1490. The molecule has 0 aliphatic heterocycles. The summed E-state index contributed by atoms with van der Waals surface area (Å²) in [5.41, 5.74) is 5.19. The normalized spacial score (nSPS) is 10.8. The minimum atomic E-state index is -0.414. The molecule has 9 heteroatoms. The van der Waals surface area contributed by atoms with Gasteiger partial charge in [-0.05, 0) is 54.1 Å². The second-order valence-corrected chi connectivity index (χ2v) is 8.32. The van der Waals surface area contributed by atoms with E-state index in [4.69, 9.17) is 9.52 Å². The topological polar surface area (TPSA) is 115 Å². The zero-order valence-corrected chi connectivity index (χ0v) is 19.7. The number of carbonyl (C=O) groups excluding carboxylic acids is 1. The Balaban J connectivity index is 1.28. The highest BCUT2D eigenvalue weighted by Gasteiger charge is 2.14. The van der Waals surface area contributed by atoms with Crippen LogP contribution in [0.5, 0.6) is 0 Å². The highest BCUT2D eigenvalue weighted by atomic mass is 16.6. The first-order chi connectivity index (χ1) is 18.1. The summed E-state index contributed by atoms with van der Waals surface area (Å²) in [6.45, 7) is 1.14. The number of hydrogen-bond acceptors (Lipinski definition) is 6. The van der Waals surface area contributed by atoms with Crippen LogP contribution in [0.1, 0.15) is 21.7 Å². The summed E-state index contributed by atoms with van der Waals surface area (Å²) < 4.78 is 6.93. The molecule has 37 heavy (non-hydrogen) atoms. The Morgan fingerprint density at radius 2 is 1.68 bits per heavy atom. The summed E-state index contributed by atoms with van der Waals surface area (Å²) in [6.07, 6.45) is 3.42. The maximum Gasteiger partial charge on any atom is 0.291 e. The lowest BCUT2D eigenvalue weighted by Gasteiger charge is -2.07. The molecule has 184 valence electrons. The number of carbonyl (C=O) groups is 1. The molecular formula is C28H23N5O4. The summed E-state index contributed by atoms with van der Waals surface area (Å²) in [7, 11) is 0. The smallest absolute Gasteiger partial charge is 0.291 e. The van der Waals surface area contributed by atoms with E-state index in [1.54, 1.807) is 24.3 Å². The molecule has 9 nitrogen and oxygen atoms in total. The molecule has 0 radical (unpaired) electrons. The highest BCUT2D eigenvalue weighted by Crippen LogP contribution is 2.26. The van der Waals surface area contributed by atoms with Gasteiger partial charge in [-0.2, -0.15) is 5.10 Å². The molecule has 5 aromatic rings. The van der Waals surface area contributed by atoms with Crippen LogP contribution in [0.25, 0.3) is 16.9 Å². The summed E-state index contributed by atoms with van der Waals surface area (Å²) in [5.74, 6) is -0.0457. The Morgan fingerprint density at radius 3 is 2.35 bits per heavy atom. The second-order valence-electron chi connectivity index (χ2n) is 8.32. The van der Waals surface area contributed by atoms with E-state index in [1.807, 2.05) is 65.5 Å². The third kappa shape index (κ3) is 5.63. The van der Waals surface area contributed by atoms with Crippen LogP contribution in [0.4, 0.5) is 11.4 Å². The Kier molecular flexibility index (Phi) is 6.87. The first-order valence-electron chi connectivity index (χ1n) is 11.6. The van der Waals surface area contributed by atoms with Gasteiger partial charge in [-0.1, -0.05) is 30.3 Å². The number of non-ortho nitro benzene ring substituents is 1. The van der Waals surface area contributed by atoms with Crippen molar-refractivity contribution in [2.24, 2.45) is 0 Å². The number of nitro groups is 1. The molecule has 0 unspecified atom stereocenters. The van der Waals surface area contributed by atoms with Gasteiger partial charge in [0.1, 0.15) is 0 Å². The van der Waals surface area contributed by atoms with Gasteiger partial charge >= 0.3 is 0 Å². The van der Waals surface area contributed by atoms with Gasteiger partial charge in [0.25, 0.3) is 11.6 Å². The average Bonchev–Trinajstić information content (AvgIpc) is 3.61. The monoisotopic (exact) mass is 493 g/mol. The molecule has 0 saturated carbocycles. The fourth-order valence-corrected chi connectivity index (χ4v) is 3.88. The van der Waals surface area contributed by atoms with Gasteiger partial charge in [0.15, 0.2) is 5.76 Å². The first-order valence-corrected chi connectivity index (χ1v) is 11.6. The van der Waals surface area contributed by atoms with Crippen LogP contribution >= 0.6 is 0 Å².